The van der Waals surface area contributed by atoms with E-state index in [1.54, 1.807) is 13.8 Å². The molecular formula is C30H36O14. The summed E-state index contributed by atoms with van der Waals surface area (Å²) < 4.78 is 22.5. The van der Waals surface area contributed by atoms with Gasteiger partial charge >= 0.3 is 23.9 Å². The summed E-state index contributed by atoms with van der Waals surface area (Å²) >= 11 is 0. The van der Waals surface area contributed by atoms with Crippen LogP contribution in [0.2, 0.25) is 0 Å². The van der Waals surface area contributed by atoms with E-state index in [9.17, 15) is 49.2 Å². The molecule has 4 fully saturated rings. The van der Waals surface area contributed by atoms with Crippen LogP contribution in [-0.2, 0) is 47.7 Å². The normalized spacial score (nSPS) is 41.3. The number of aliphatic hydroxyl groups excluding tert-OH is 3. The van der Waals surface area contributed by atoms with Crippen LogP contribution < -0.4 is 0 Å². The summed E-state index contributed by atoms with van der Waals surface area (Å²) in [4.78, 5) is 76.9. The van der Waals surface area contributed by atoms with Gasteiger partial charge in [-0.15, -0.1) is 0 Å². The first-order chi connectivity index (χ1) is 20.3. The molecule has 2 aliphatic heterocycles. The molecule has 2 saturated heterocycles. The molecule has 5 rings (SSSR count). The molecule has 10 unspecified atom stereocenters. The zero-order valence-corrected chi connectivity index (χ0v) is 25.1. The molecule has 1 spiro atoms. The first kappa shape index (κ1) is 31.8. The standard InChI is InChI=1S/C30H36O14/c1-11(27(4,5)44-13(3)31)7-17(33)43-20-22-29-10-41-30(22,24(37)25(38)39)23(36)19(35)21(29)28(6)9-15(32)18(34)12(2)14(28)8-16(29)42-26(20)40/h7,14,16,19-23,34-36H,8-10H2,1-6H3,(H,38,39). The molecule has 2 saturated carbocycles. The summed E-state index contributed by atoms with van der Waals surface area (Å²) in [7, 11) is 0. The zero-order valence-electron chi connectivity index (χ0n) is 25.1. The van der Waals surface area contributed by atoms with E-state index in [2.05, 4.69) is 0 Å². The average Bonchev–Trinajstić information content (AvgIpc) is 3.21. The Morgan fingerprint density at radius 2 is 1.73 bits per heavy atom. The van der Waals surface area contributed by atoms with E-state index in [4.69, 9.17) is 18.9 Å². The molecule has 2 heterocycles. The number of fused-ring (bicyclic) bond motifs is 2. The van der Waals surface area contributed by atoms with E-state index in [1.165, 1.54) is 27.7 Å². The van der Waals surface area contributed by atoms with E-state index in [0.29, 0.717) is 5.57 Å². The van der Waals surface area contributed by atoms with Gasteiger partial charge < -0.3 is 39.4 Å². The number of ketones is 2. The van der Waals surface area contributed by atoms with Crippen LogP contribution in [0.25, 0.3) is 0 Å². The van der Waals surface area contributed by atoms with Crippen LogP contribution in [0.5, 0.6) is 0 Å². The van der Waals surface area contributed by atoms with Crippen molar-refractivity contribution in [3.05, 3.63) is 23.0 Å². The van der Waals surface area contributed by atoms with Gasteiger partial charge in [0.25, 0.3) is 5.78 Å². The Kier molecular flexibility index (Phi) is 7.18. The second kappa shape index (κ2) is 9.94. The molecule has 2 bridgehead atoms. The summed E-state index contributed by atoms with van der Waals surface area (Å²) in [5.41, 5.74) is -6.21. The average molecular weight is 621 g/mol. The minimum Gasteiger partial charge on any atom is -0.504 e. The van der Waals surface area contributed by atoms with Crippen molar-refractivity contribution in [3.63, 3.8) is 0 Å². The Bertz CT molecular complexity index is 1440. The third-order valence-corrected chi connectivity index (χ3v) is 10.8. The molecule has 44 heavy (non-hydrogen) atoms. The van der Waals surface area contributed by atoms with Crippen molar-refractivity contribution in [2.75, 3.05) is 6.61 Å². The molecule has 4 N–H and O–H groups in total. The molecule has 0 aromatic carbocycles. The Morgan fingerprint density at radius 3 is 2.32 bits per heavy atom. The van der Waals surface area contributed by atoms with Crippen LogP contribution in [0.15, 0.2) is 23.0 Å². The second-order valence-electron chi connectivity index (χ2n) is 13.4. The van der Waals surface area contributed by atoms with Crippen LogP contribution >= 0.6 is 0 Å². The SMILES string of the molecule is CC(=O)OC(C)(C)C(C)=CC(=O)OC1C(=O)OC2CC3C(C)=C(O)C(=O)CC3(C)C3C(O)C(O)C4(C(=O)C(=O)O)OCC23C14. The van der Waals surface area contributed by atoms with Crippen LogP contribution in [-0.4, -0.2) is 98.1 Å². The Morgan fingerprint density at radius 1 is 1.09 bits per heavy atom. The minimum absolute atomic E-state index is 0.0121. The Balaban J connectivity index is 1.67. The highest BCUT2D eigenvalue weighted by atomic mass is 16.6. The number of aliphatic carboxylic acids is 1. The molecule has 10 atom stereocenters. The van der Waals surface area contributed by atoms with Crippen LogP contribution in [0.4, 0.5) is 0 Å². The predicted octanol–water partition coefficient (Wildman–Crippen LogP) is 0.320. The number of rotatable bonds is 6. The molecule has 0 aromatic heterocycles. The number of carboxylic acid groups (broad SMARTS) is 1. The number of ether oxygens (including phenoxy) is 4. The van der Waals surface area contributed by atoms with Gasteiger partial charge in [0.1, 0.15) is 17.8 Å². The van der Waals surface area contributed by atoms with Gasteiger partial charge in [0.05, 0.1) is 18.6 Å². The molecule has 0 amide bonds. The largest absolute Gasteiger partial charge is 0.504 e. The van der Waals surface area contributed by atoms with Gasteiger partial charge in [0, 0.05) is 30.8 Å². The third-order valence-electron chi connectivity index (χ3n) is 10.8. The van der Waals surface area contributed by atoms with Gasteiger partial charge in [0.15, 0.2) is 17.1 Å². The lowest BCUT2D eigenvalue weighted by Gasteiger charge is -2.67. The van der Waals surface area contributed by atoms with Crippen LogP contribution in [0.1, 0.15) is 54.4 Å². The Hall–Kier alpha value is -3.62. The van der Waals surface area contributed by atoms with Crippen LogP contribution in [0.3, 0.4) is 0 Å². The maximum absolute atomic E-state index is 13.6. The summed E-state index contributed by atoms with van der Waals surface area (Å²) in [6.07, 6.45) is -6.46. The first-order valence-corrected chi connectivity index (χ1v) is 14.3. The van der Waals surface area contributed by atoms with Crippen molar-refractivity contribution in [1.82, 2.24) is 0 Å². The highest BCUT2D eigenvalue weighted by molar-refractivity contribution is 6.36. The van der Waals surface area contributed by atoms with Gasteiger partial charge in [-0.3, -0.25) is 14.4 Å². The molecular weight excluding hydrogens is 584 g/mol. The quantitative estimate of drug-likeness (QED) is 0.136. The summed E-state index contributed by atoms with van der Waals surface area (Å²) in [5, 5.41) is 43.6. The smallest absolute Gasteiger partial charge is 0.375 e. The zero-order chi connectivity index (χ0) is 32.9. The monoisotopic (exact) mass is 620 g/mol. The van der Waals surface area contributed by atoms with Gasteiger partial charge in [-0.1, -0.05) is 6.92 Å². The lowest BCUT2D eigenvalue weighted by atomic mass is 9.38. The molecule has 0 radical (unpaired) electrons. The van der Waals surface area contributed by atoms with Crippen molar-refractivity contribution in [2.24, 2.45) is 28.6 Å². The highest BCUT2D eigenvalue weighted by Gasteiger charge is 2.85. The number of Topliss-reactive ketones (excluding diaryl/α,β-unsaturated/α-hetero) is 2. The van der Waals surface area contributed by atoms with Crippen molar-refractivity contribution >= 4 is 35.4 Å². The molecule has 240 valence electrons. The fourth-order valence-electron chi connectivity index (χ4n) is 8.85. The summed E-state index contributed by atoms with van der Waals surface area (Å²) in [5.74, 6) is -11.0. The number of esters is 3. The fourth-order valence-corrected chi connectivity index (χ4v) is 8.85. The highest BCUT2D eigenvalue weighted by Crippen LogP contribution is 2.72. The second-order valence-corrected chi connectivity index (χ2v) is 13.4. The third kappa shape index (κ3) is 4.03. The molecule has 0 aromatic rings. The number of aliphatic hydroxyl groups is 3. The topological polar surface area (TPSA) is 220 Å². The number of hydrogen-bond acceptors (Lipinski definition) is 13. The van der Waals surface area contributed by atoms with E-state index >= 15 is 0 Å². The number of carbonyl (C=O) groups is 6. The van der Waals surface area contributed by atoms with Gasteiger partial charge in [0.2, 0.25) is 6.10 Å². The lowest BCUT2D eigenvalue weighted by Crippen LogP contribution is -2.79. The van der Waals surface area contributed by atoms with Crippen molar-refractivity contribution in [3.8, 4) is 0 Å². The van der Waals surface area contributed by atoms with E-state index in [-0.39, 0.29) is 18.4 Å². The molecule has 3 aliphatic carbocycles. The van der Waals surface area contributed by atoms with Crippen molar-refractivity contribution in [2.45, 2.75) is 90.0 Å². The van der Waals surface area contributed by atoms with Gasteiger partial charge in [-0.05, 0) is 56.6 Å². The maximum atomic E-state index is 13.6. The maximum Gasteiger partial charge on any atom is 0.375 e. The number of hydrogen-bond donors (Lipinski definition) is 4. The van der Waals surface area contributed by atoms with Gasteiger partial charge in [-0.25, -0.2) is 14.4 Å². The minimum atomic E-state index is -2.71. The van der Waals surface area contributed by atoms with E-state index in [1.807, 2.05) is 0 Å². The Labute approximate surface area is 252 Å². The van der Waals surface area contributed by atoms with E-state index < -0.39 is 112 Å². The molecule has 5 aliphatic rings. The summed E-state index contributed by atoms with van der Waals surface area (Å²) in [6, 6.07) is 0. The van der Waals surface area contributed by atoms with Crippen molar-refractivity contribution < 1.29 is 68.1 Å². The predicted molar refractivity (Wildman–Crippen MR) is 143 cm³/mol. The molecule has 14 nitrogen and oxygen atoms in total. The van der Waals surface area contributed by atoms with E-state index in [0.717, 1.165) is 6.08 Å². The number of allylic oxidation sites excluding steroid dienone is 2. The lowest BCUT2D eigenvalue weighted by molar-refractivity contribution is -0.286. The van der Waals surface area contributed by atoms with Gasteiger partial charge in [-0.2, -0.15) is 0 Å². The number of carbonyl (C=O) groups excluding carboxylic acids is 5. The number of carboxylic acids is 1. The fraction of sp³-hybridized carbons (Fsp3) is 0.667. The molecule has 14 heteroatoms. The first-order valence-electron chi connectivity index (χ1n) is 14.3. The van der Waals surface area contributed by atoms with Crippen molar-refractivity contribution in [1.29, 1.82) is 0 Å². The van der Waals surface area contributed by atoms with Crippen LogP contribution in [0, 0.1) is 28.6 Å². The summed E-state index contributed by atoms with van der Waals surface area (Å²) in [6.45, 7) is 8.44.